The minimum Gasteiger partial charge on any atom is -0.392 e. The number of hydrogen-bond acceptors (Lipinski definition) is 4. The lowest BCUT2D eigenvalue weighted by Crippen LogP contribution is -2.46. The van der Waals surface area contributed by atoms with Gasteiger partial charge in [-0.25, -0.2) is 8.42 Å². The van der Waals surface area contributed by atoms with Crippen LogP contribution in [0, 0.1) is 5.92 Å². The van der Waals surface area contributed by atoms with E-state index in [1.165, 1.54) is 0 Å². The summed E-state index contributed by atoms with van der Waals surface area (Å²) in [5, 5.41) is 13.1. The number of carbonyl (C=O) groups is 1. The third-order valence-corrected chi connectivity index (χ3v) is 5.15. The zero-order chi connectivity index (χ0) is 15.6. The Balaban J connectivity index is 1.93. The SMILES string of the molecule is CS(=O)(=O)N1C[C@H](O)C[C@H]1C(=O)NCC1C=CC=C(Cl)C1. The lowest BCUT2D eigenvalue weighted by Gasteiger charge is -2.22. The first kappa shape index (κ1) is 16.5. The number of nitrogens with one attached hydrogen (secondary N) is 1. The number of carbonyl (C=O) groups excluding carboxylic acids is 1. The Morgan fingerprint density at radius 3 is 2.90 bits per heavy atom. The number of amides is 1. The summed E-state index contributed by atoms with van der Waals surface area (Å²) < 4.78 is 24.3. The fourth-order valence-corrected chi connectivity index (χ4v) is 3.94. The summed E-state index contributed by atoms with van der Waals surface area (Å²) in [7, 11) is -3.51. The smallest absolute Gasteiger partial charge is 0.238 e. The molecule has 1 saturated heterocycles. The van der Waals surface area contributed by atoms with Crippen LogP contribution in [-0.2, 0) is 14.8 Å². The Hall–Kier alpha value is -0.890. The molecule has 0 aromatic carbocycles. The van der Waals surface area contributed by atoms with Gasteiger partial charge < -0.3 is 10.4 Å². The molecule has 2 rings (SSSR count). The predicted molar refractivity (Wildman–Crippen MR) is 80.2 cm³/mol. The van der Waals surface area contributed by atoms with Gasteiger partial charge in [0.25, 0.3) is 0 Å². The normalized spacial score (nSPS) is 30.2. The number of nitrogens with zero attached hydrogens (tertiary/aromatic N) is 1. The molecule has 6 nitrogen and oxygen atoms in total. The number of aliphatic hydroxyl groups excluding tert-OH is 1. The van der Waals surface area contributed by atoms with Gasteiger partial charge in [-0.05, 0) is 18.4 Å². The molecule has 1 aliphatic heterocycles. The summed E-state index contributed by atoms with van der Waals surface area (Å²) in [4.78, 5) is 12.2. The van der Waals surface area contributed by atoms with E-state index in [9.17, 15) is 18.3 Å². The van der Waals surface area contributed by atoms with Crippen molar-refractivity contribution in [1.29, 1.82) is 0 Å². The maximum atomic E-state index is 12.2. The van der Waals surface area contributed by atoms with E-state index in [0.29, 0.717) is 13.0 Å². The van der Waals surface area contributed by atoms with E-state index in [2.05, 4.69) is 5.32 Å². The van der Waals surface area contributed by atoms with E-state index in [1.807, 2.05) is 12.2 Å². The van der Waals surface area contributed by atoms with E-state index >= 15 is 0 Å². The Morgan fingerprint density at radius 1 is 1.57 bits per heavy atom. The van der Waals surface area contributed by atoms with E-state index in [4.69, 9.17) is 11.6 Å². The molecule has 0 saturated carbocycles. The van der Waals surface area contributed by atoms with Gasteiger partial charge in [0.2, 0.25) is 15.9 Å². The molecule has 0 radical (unpaired) electrons. The minimum atomic E-state index is -3.51. The van der Waals surface area contributed by atoms with E-state index in [1.54, 1.807) is 6.08 Å². The highest BCUT2D eigenvalue weighted by Crippen LogP contribution is 2.23. The van der Waals surface area contributed by atoms with Gasteiger partial charge in [0.15, 0.2) is 0 Å². The molecular weight excluding hydrogens is 316 g/mol. The molecule has 2 aliphatic rings. The number of rotatable bonds is 4. The molecule has 1 fully saturated rings. The molecule has 118 valence electrons. The average Bonchev–Trinajstić information content (AvgIpc) is 2.78. The van der Waals surface area contributed by atoms with E-state index < -0.39 is 22.2 Å². The highest BCUT2D eigenvalue weighted by atomic mass is 35.5. The summed E-state index contributed by atoms with van der Waals surface area (Å²) in [6.07, 6.45) is 6.61. The van der Waals surface area contributed by atoms with Crippen molar-refractivity contribution in [3.05, 3.63) is 23.3 Å². The van der Waals surface area contributed by atoms with Crippen LogP contribution in [0.3, 0.4) is 0 Å². The largest absolute Gasteiger partial charge is 0.392 e. The summed E-state index contributed by atoms with van der Waals surface area (Å²) in [6, 6.07) is -0.839. The highest BCUT2D eigenvalue weighted by molar-refractivity contribution is 7.88. The van der Waals surface area contributed by atoms with Crippen LogP contribution in [0.2, 0.25) is 0 Å². The van der Waals surface area contributed by atoms with Crippen LogP contribution in [0.5, 0.6) is 0 Å². The molecule has 3 atom stereocenters. The molecule has 0 bridgehead atoms. The van der Waals surface area contributed by atoms with Gasteiger partial charge in [-0.3, -0.25) is 4.79 Å². The monoisotopic (exact) mass is 334 g/mol. The first-order valence-corrected chi connectivity index (χ1v) is 8.95. The fourth-order valence-electron chi connectivity index (χ4n) is 2.58. The van der Waals surface area contributed by atoms with Gasteiger partial charge in [-0.2, -0.15) is 4.31 Å². The number of halogens is 1. The molecule has 21 heavy (non-hydrogen) atoms. The van der Waals surface area contributed by atoms with Crippen LogP contribution < -0.4 is 5.32 Å². The van der Waals surface area contributed by atoms with Crippen LogP contribution in [0.1, 0.15) is 12.8 Å². The van der Waals surface area contributed by atoms with Crippen molar-refractivity contribution in [1.82, 2.24) is 9.62 Å². The molecular formula is C13H19ClN2O4S. The Morgan fingerprint density at radius 2 is 2.29 bits per heavy atom. The zero-order valence-corrected chi connectivity index (χ0v) is 13.3. The average molecular weight is 335 g/mol. The fraction of sp³-hybridized carbons (Fsp3) is 0.615. The van der Waals surface area contributed by atoms with Crippen LogP contribution in [0.4, 0.5) is 0 Å². The summed E-state index contributed by atoms with van der Waals surface area (Å²) in [6.45, 7) is 0.360. The molecule has 0 aromatic rings. The summed E-state index contributed by atoms with van der Waals surface area (Å²) in [5.41, 5.74) is 0. The van der Waals surface area contributed by atoms with Gasteiger partial charge in [0, 0.05) is 24.5 Å². The van der Waals surface area contributed by atoms with Crippen molar-refractivity contribution in [2.45, 2.75) is 25.0 Å². The van der Waals surface area contributed by atoms with Crippen molar-refractivity contribution in [2.24, 2.45) is 5.92 Å². The zero-order valence-electron chi connectivity index (χ0n) is 11.7. The maximum absolute atomic E-state index is 12.2. The number of β-amino-alcohol motifs (C(OH)–C–C–N with tert-alkyl or cyclic N) is 1. The Kier molecular flexibility index (Phi) is 5.08. The second-order valence-corrected chi connectivity index (χ2v) is 7.87. The lowest BCUT2D eigenvalue weighted by atomic mass is 10.0. The quantitative estimate of drug-likeness (QED) is 0.768. The van der Waals surface area contributed by atoms with Crippen LogP contribution in [0.25, 0.3) is 0 Å². The third kappa shape index (κ3) is 4.29. The lowest BCUT2D eigenvalue weighted by molar-refractivity contribution is -0.124. The molecule has 8 heteroatoms. The van der Waals surface area contributed by atoms with Gasteiger partial charge in [0.05, 0.1) is 12.4 Å². The Labute approximate surface area is 129 Å². The van der Waals surface area contributed by atoms with Crippen LogP contribution in [0.15, 0.2) is 23.3 Å². The topological polar surface area (TPSA) is 86.7 Å². The molecule has 0 aromatic heterocycles. The number of hydrogen-bond donors (Lipinski definition) is 2. The van der Waals surface area contributed by atoms with Gasteiger partial charge in [-0.1, -0.05) is 23.8 Å². The summed E-state index contributed by atoms with van der Waals surface area (Å²) in [5.74, 6) is -0.277. The van der Waals surface area contributed by atoms with Crippen molar-refractivity contribution in [2.75, 3.05) is 19.3 Å². The van der Waals surface area contributed by atoms with Gasteiger partial charge >= 0.3 is 0 Å². The van der Waals surface area contributed by atoms with Gasteiger partial charge in [-0.15, -0.1) is 0 Å². The number of sulfonamides is 1. The van der Waals surface area contributed by atoms with Crippen LogP contribution >= 0.6 is 11.6 Å². The van der Waals surface area contributed by atoms with E-state index in [-0.39, 0.29) is 24.8 Å². The molecule has 1 heterocycles. The van der Waals surface area contributed by atoms with Crippen LogP contribution in [-0.4, -0.2) is 55.2 Å². The third-order valence-electron chi connectivity index (χ3n) is 3.62. The second kappa shape index (κ2) is 6.48. The molecule has 1 unspecified atom stereocenters. The van der Waals surface area contributed by atoms with E-state index in [0.717, 1.165) is 15.6 Å². The molecule has 2 N–H and O–H groups in total. The predicted octanol–water partition coefficient (Wildman–Crippen LogP) is 0.196. The van der Waals surface area contributed by atoms with Gasteiger partial charge in [0.1, 0.15) is 6.04 Å². The molecule has 1 aliphatic carbocycles. The highest BCUT2D eigenvalue weighted by Gasteiger charge is 2.40. The standard InChI is InChI=1S/C13H19ClN2O4S/c1-21(19,20)16-8-11(17)6-12(16)13(18)15-7-9-3-2-4-10(14)5-9/h2-4,9,11-12,17H,5-8H2,1H3,(H,15,18)/t9?,11-,12+/m1/s1. The first-order valence-electron chi connectivity index (χ1n) is 6.73. The van der Waals surface area contributed by atoms with Crippen molar-refractivity contribution in [3.63, 3.8) is 0 Å². The van der Waals surface area contributed by atoms with Crippen molar-refractivity contribution >= 4 is 27.5 Å². The van der Waals surface area contributed by atoms with Crippen molar-refractivity contribution in [3.8, 4) is 0 Å². The van der Waals surface area contributed by atoms with Crippen molar-refractivity contribution < 1.29 is 18.3 Å². The number of aliphatic hydroxyl groups is 1. The first-order chi connectivity index (χ1) is 9.77. The molecule has 1 amide bonds. The number of allylic oxidation sites excluding steroid dienone is 3. The minimum absolute atomic E-state index is 0.0329. The second-order valence-electron chi connectivity index (χ2n) is 5.45. The maximum Gasteiger partial charge on any atom is 0.238 e. The summed E-state index contributed by atoms with van der Waals surface area (Å²) >= 11 is 5.93. The Bertz CT molecular complexity index is 573. The molecule has 0 spiro atoms.